The van der Waals surface area contributed by atoms with Crippen LogP contribution in [0.2, 0.25) is 0 Å². The molecular formula is C21H25N3O3. The summed E-state index contributed by atoms with van der Waals surface area (Å²) in [5, 5.41) is 9.46. The van der Waals surface area contributed by atoms with Gasteiger partial charge in [-0.1, -0.05) is 39.0 Å². The minimum absolute atomic E-state index is 0.133. The normalized spacial score (nSPS) is 17.2. The number of aryl methyl sites for hydroxylation is 1. The summed E-state index contributed by atoms with van der Waals surface area (Å²) in [6.07, 6.45) is 0.846. The molecule has 0 bridgehead atoms. The Hall–Kier alpha value is -2.76. The summed E-state index contributed by atoms with van der Waals surface area (Å²) in [7, 11) is 0. The molecule has 1 aromatic carbocycles. The van der Waals surface area contributed by atoms with E-state index in [1.54, 1.807) is 24.3 Å². The van der Waals surface area contributed by atoms with Gasteiger partial charge in [-0.15, -0.1) is 0 Å². The van der Waals surface area contributed by atoms with E-state index in [4.69, 9.17) is 0 Å². The Bertz CT molecular complexity index is 886. The van der Waals surface area contributed by atoms with E-state index in [0.29, 0.717) is 30.2 Å². The van der Waals surface area contributed by atoms with E-state index in [-0.39, 0.29) is 17.4 Å². The fourth-order valence-electron chi connectivity index (χ4n) is 3.49. The Kier molecular flexibility index (Phi) is 5.00. The molecule has 142 valence electrons. The van der Waals surface area contributed by atoms with Crippen molar-refractivity contribution in [3.8, 4) is 11.3 Å². The molecule has 1 atom stereocenters. The topological polar surface area (TPSA) is 83.4 Å². The third-order valence-corrected chi connectivity index (χ3v) is 4.83. The quantitative estimate of drug-likeness (QED) is 0.897. The predicted molar refractivity (Wildman–Crippen MR) is 103 cm³/mol. The largest absolute Gasteiger partial charge is 0.478 e. The summed E-state index contributed by atoms with van der Waals surface area (Å²) in [5.74, 6) is -0.101. The van der Waals surface area contributed by atoms with Crippen LogP contribution < -0.4 is 0 Å². The molecule has 1 aliphatic heterocycles. The molecule has 0 radical (unpaired) electrons. The molecule has 1 saturated heterocycles. The molecule has 0 unspecified atom stereocenters. The van der Waals surface area contributed by atoms with Crippen LogP contribution in [0.4, 0.5) is 0 Å². The fourth-order valence-corrected chi connectivity index (χ4v) is 3.49. The first-order valence-electron chi connectivity index (χ1n) is 9.14. The van der Waals surface area contributed by atoms with Crippen molar-refractivity contribution >= 4 is 11.9 Å². The number of carbonyl (C=O) groups is 2. The van der Waals surface area contributed by atoms with Gasteiger partial charge < -0.3 is 10.0 Å². The second-order valence-corrected chi connectivity index (χ2v) is 8.06. The van der Waals surface area contributed by atoms with Gasteiger partial charge in [0.2, 0.25) is 5.91 Å². The van der Waals surface area contributed by atoms with Crippen molar-refractivity contribution in [2.45, 2.75) is 40.0 Å². The van der Waals surface area contributed by atoms with E-state index >= 15 is 0 Å². The van der Waals surface area contributed by atoms with Crippen LogP contribution in [0.5, 0.6) is 0 Å². The third kappa shape index (κ3) is 3.99. The maximum atomic E-state index is 12.5. The molecule has 0 aliphatic carbocycles. The summed E-state index contributed by atoms with van der Waals surface area (Å²) in [5.41, 5.74) is 1.87. The lowest BCUT2D eigenvalue weighted by atomic mass is 9.95. The average Bonchev–Trinajstić information content (AvgIpc) is 3.09. The van der Waals surface area contributed by atoms with Gasteiger partial charge in [0.25, 0.3) is 0 Å². The number of aromatic nitrogens is 2. The van der Waals surface area contributed by atoms with Crippen LogP contribution in [0.3, 0.4) is 0 Å². The van der Waals surface area contributed by atoms with E-state index < -0.39 is 11.4 Å². The van der Waals surface area contributed by atoms with Crippen LogP contribution in [0.25, 0.3) is 11.3 Å². The molecule has 27 heavy (non-hydrogen) atoms. The summed E-state index contributed by atoms with van der Waals surface area (Å²) < 4.78 is 0. The number of amides is 1. The number of carbonyl (C=O) groups excluding carboxylic acids is 1. The molecule has 1 N–H and O–H groups in total. The van der Waals surface area contributed by atoms with Crippen LogP contribution in [-0.4, -0.2) is 44.9 Å². The second-order valence-electron chi connectivity index (χ2n) is 8.06. The van der Waals surface area contributed by atoms with E-state index in [9.17, 15) is 14.7 Å². The van der Waals surface area contributed by atoms with Gasteiger partial charge >= 0.3 is 5.97 Å². The fraction of sp³-hybridized carbons (Fsp3) is 0.429. The standard InChI is InChI=1S/C21H25N3O3/c1-13-22-17(14-9-10-24(12-14)20(27)21(2,3)4)11-18(23-13)15-7-5-6-8-16(15)19(25)26/h5-8,11,14H,9-10,12H2,1-4H3,(H,25,26)/t14-/m0/s1. The van der Waals surface area contributed by atoms with Crippen molar-refractivity contribution in [2.75, 3.05) is 13.1 Å². The van der Waals surface area contributed by atoms with Crippen LogP contribution in [0, 0.1) is 12.3 Å². The number of hydrogen-bond acceptors (Lipinski definition) is 4. The van der Waals surface area contributed by atoms with Gasteiger partial charge in [-0.05, 0) is 25.5 Å². The van der Waals surface area contributed by atoms with Crippen molar-refractivity contribution in [1.29, 1.82) is 0 Å². The number of benzene rings is 1. The zero-order valence-electron chi connectivity index (χ0n) is 16.2. The lowest BCUT2D eigenvalue weighted by Gasteiger charge is -2.25. The van der Waals surface area contributed by atoms with Gasteiger partial charge in [-0.25, -0.2) is 14.8 Å². The molecule has 6 nitrogen and oxygen atoms in total. The van der Waals surface area contributed by atoms with Gasteiger partial charge in [0.15, 0.2) is 0 Å². The summed E-state index contributed by atoms with van der Waals surface area (Å²) >= 11 is 0. The smallest absolute Gasteiger partial charge is 0.336 e. The van der Waals surface area contributed by atoms with E-state index in [1.165, 1.54) is 0 Å². The zero-order valence-corrected chi connectivity index (χ0v) is 16.2. The Morgan fingerprint density at radius 1 is 1.19 bits per heavy atom. The van der Waals surface area contributed by atoms with Crippen LogP contribution in [0.1, 0.15) is 55.0 Å². The molecule has 1 fully saturated rings. The Morgan fingerprint density at radius 3 is 2.56 bits per heavy atom. The van der Waals surface area contributed by atoms with Gasteiger partial charge in [0.1, 0.15) is 5.82 Å². The number of nitrogens with zero attached hydrogens (tertiary/aromatic N) is 3. The minimum atomic E-state index is -0.980. The number of carboxylic acids is 1. The van der Waals surface area contributed by atoms with Crippen LogP contribution >= 0.6 is 0 Å². The van der Waals surface area contributed by atoms with Crippen molar-refractivity contribution < 1.29 is 14.7 Å². The van der Waals surface area contributed by atoms with Crippen molar-refractivity contribution in [3.63, 3.8) is 0 Å². The molecule has 2 aromatic rings. The summed E-state index contributed by atoms with van der Waals surface area (Å²) in [4.78, 5) is 35.0. The zero-order chi connectivity index (χ0) is 19.8. The molecule has 6 heteroatoms. The summed E-state index contributed by atoms with van der Waals surface area (Å²) in [6, 6.07) is 8.71. The van der Waals surface area contributed by atoms with E-state index in [1.807, 2.05) is 38.7 Å². The first-order valence-corrected chi connectivity index (χ1v) is 9.14. The summed E-state index contributed by atoms with van der Waals surface area (Å²) in [6.45, 7) is 8.94. The van der Waals surface area contributed by atoms with Crippen LogP contribution in [0.15, 0.2) is 30.3 Å². The maximum Gasteiger partial charge on any atom is 0.336 e. The lowest BCUT2D eigenvalue weighted by Crippen LogP contribution is -2.37. The minimum Gasteiger partial charge on any atom is -0.478 e. The average molecular weight is 367 g/mol. The lowest BCUT2D eigenvalue weighted by molar-refractivity contribution is -0.138. The first kappa shape index (κ1) is 19.0. The maximum absolute atomic E-state index is 12.5. The number of likely N-dealkylation sites (tertiary alicyclic amines) is 1. The number of hydrogen-bond donors (Lipinski definition) is 1. The third-order valence-electron chi connectivity index (χ3n) is 4.83. The predicted octanol–water partition coefficient (Wildman–Crippen LogP) is 3.51. The van der Waals surface area contributed by atoms with E-state index in [0.717, 1.165) is 12.1 Å². The molecule has 1 aromatic heterocycles. The molecular weight excluding hydrogens is 342 g/mol. The Morgan fingerprint density at radius 2 is 1.89 bits per heavy atom. The Balaban J connectivity index is 1.92. The second kappa shape index (κ2) is 7.10. The molecule has 0 spiro atoms. The van der Waals surface area contributed by atoms with E-state index in [2.05, 4.69) is 9.97 Å². The van der Waals surface area contributed by atoms with Crippen molar-refractivity contribution in [3.05, 3.63) is 47.4 Å². The molecule has 3 rings (SSSR count). The van der Waals surface area contributed by atoms with Crippen molar-refractivity contribution in [2.24, 2.45) is 5.41 Å². The Labute approximate surface area is 159 Å². The molecule has 2 heterocycles. The van der Waals surface area contributed by atoms with Crippen molar-refractivity contribution in [1.82, 2.24) is 14.9 Å². The molecule has 1 aliphatic rings. The van der Waals surface area contributed by atoms with Gasteiger partial charge in [0.05, 0.1) is 11.3 Å². The number of rotatable bonds is 3. The van der Waals surface area contributed by atoms with Gasteiger partial charge in [-0.2, -0.15) is 0 Å². The van der Waals surface area contributed by atoms with Gasteiger partial charge in [-0.3, -0.25) is 4.79 Å². The highest BCUT2D eigenvalue weighted by Gasteiger charge is 2.34. The highest BCUT2D eigenvalue weighted by atomic mass is 16.4. The van der Waals surface area contributed by atoms with Gasteiger partial charge in [0, 0.05) is 35.7 Å². The molecule has 0 saturated carbocycles. The van der Waals surface area contributed by atoms with Crippen LogP contribution in [-0.2, 0) is 4.79 Å². The first-order chi connectivity index (χ1) is 12.7. The highest BCUT2D eigenvalue weighted by molar-refractivity contribution is 5.95. The number of carboxylic acid groups (broad SMARTS) is 1. The number of aromatic carboxylic acids is 1. The SMILES string of the molecule is Cc1nc(-c2ccccc2C(=O)O)cc([C@H]2CCN(C(=O)C(C)(C)C)C2)n1. The monoisotopic (exact) mass is 367 g/mol. The highest BCUT2D eigenvalue weighted by Crippen LogP contribution is 2.31. The molecule has 1 amide bonds.